The van der Waals surface area contributed by atoms with Gasteiger partial charge in [-0.25, -0.2) is 9.18 Å². The van der Waals surface area contributed by atoms with Gasteiger partial charge in [-0.05, 0) is 24.1 Å². The predicted molar refractivity (Wildman–Crippen MR) is 63.9 cm³/mol. The summed E-state index contributed by atoms with van der Waals surface area (Å²) in [6.07, 6.45) is -0.635. The Bertz CT molecular complexity index is 491. The fraction of sp³-hybridized carbons (Fsp3) is 0.385. The van der Waals surface area contributed by atoms with Crippen molar-refractivity contribution in [3.8, 4) is 0 Å². The number of cyclic esters (lactones) is 1. The standard InChI is InChI=1S/C13H14FNO4/c14-10-3-1-2-9(6-10)7-15-8-11(19-13(15)18)4-5-12(16)17/h1-3,6,11H,4-5,7-8H2,(H,16,17). The number of carbonyl (C=O) groups is 2. The van der Waals surface area contributed by atoms with Gasteiger partial charge < -0.3 is 14.7 Å². The number of benzene rings is 1. The summed E-state index contributed by atoms with van der Waals surface area (Å²) in [5.41, 5.74) is 0.677. The number of ether oxygens (including phenoxy) is 1. The maximum Gasteiger partial charge on any atom is 0.410 e. The Hall–Kier alpha value is -2.11. The minimum absolute atomic E-state index is 0.0360. The lowest BCUT2D eigenvalue weighted by Crippen LogP contribution is -2.24. The van der Waals surface area contributed by atoms with E-state index < -0.39 is 18.2 Å². The van der Waals surface area contributed by atoms with Crippen LogP contribution in [-0.4, -0.2) is 34.7 Å². The van der Waals surface area contributed by atoms with E-state index in [0.717, 1.165) is 0 Å². The second-order valence-electron chi connectivity index (χ2n) is 4.45. The van der Waals surface area contributed by atoms with Gasteiger partial charge in [0.15, 0.2) is 0 Å². The second kappa shape index (κ2) is 5.69. The molecule has 0 bridgehead atoms. The zero-order chi connectivity index (χ0) is 13.8. The van der Waals surface area contributed by atoms with Gasteiger partial charge in [0.05, 0.1) is 6.54 Å². The molecule has 1 aromatic carbocycles. The van der Waals surface area contributed by atoms with Gasteiger partial charge in [0, 0.05) is 13.0 Å². The summed E-state index contributed by atoms with van der Waals surface area (Å²) in [5.74, 6) is -1.27. The van der Waals surface area contributed by atoms with Gasteiger partial charge in [0.25, 0.3) is 0 Å². The zero-order valence-electron chi connectivity index (χ0n) is 10.2. The molecular formula is C13H14FNO4. The molecule has 1 N–H and O–H groups in total. The van der Waals surface area contributed by atoms with E-state index in [9.17, 15) is 14.0 Å². The summed E-state index contributed by atoms with van der Waals surface area (Å²) >= 11 is 0. The molecule has 1 aliphatic heterocycles. The Labute approximate surface area is 109 Å². The highest BCUT2D eigenvalue weighted by Crippen LogP contribution is 2.18. The predicted octanol–water partition coefficient (Wildman–Crippen LogP) is 2.01. The number of carboxylic acids is 1. The Morgan fingerprint density at radius 1 is 1.53 bits per heavy atom. The van der Waals surface area contributed by atoms with Gasteiger partial charge in [-0.15, -0.1) is 0 Å². The number of carbonyl (C=O) groups excluding carboxylic acids is 1. The molecule has 1 heterocycles. The third kappa shape index (κ3) is 3.67. The highest BCUT2D eigenvalue weighted by molar-refractivity contribution is 5.70. The molecule has 0 aromatic heterocycles. The number of rotatable bonds is 5. The lowest BCUT2D eigenvalue weighted by molar-refractivity contribution is -0.137. The van der Waals surface area contributed by atoms with Gasteiger partial charge in [-0.3, -0.25) is 4.79 Å². The average molecular weight is 267 g/mol. The highest BCUT2D eigenvalue weighted by atomic mass is 19.1. The number of halogens is 1. The average Bonchev–Trinajstić information content (AvgIpc) is 2.68. The summed E-state index contributed by atoms with van der Waals surface area (Å²) in [5, 5.41) is 8.58. The third-order valence-electron chi connectivity index (χ3n) is 2.89. The van der Waals surface area contributed by atoms with E-state index in [0.29, 0.717) is 18.5 Å². The first kappa shape index (κ1) is 13.3. The normalized spacial score (nSPS) is 18.5. The van der Waals surface area contributed by atoms with Crippen LogP contribution in [0, 0.1) is 5.82 Å². The Morgan fingerprint density at radius 3 is 3.00 bits per heavy atom. The molecule has 0 spiro atoms. The minimum Gasteiger partial charge on any atom is -0.481 e. The van der Waals surface area contributed by atoms with Crippen molar-refractivity contribution in [1.29, 1.82) is 0 Å². The zero-order valence-corrected chi connectivity index (χ0v) is 10.2. The number of nitrogens with zero attached hydrogens (tertiary/aromatic N) is 1. The third-order valence-corrected chi connectivity index (χ3v) is 2.89. The van der Waals surface area contributed by atoms with E-state index in [1.54, 1.807) is 12.1 Å². The van der Waals surface area contributed by atoms with Crippen LogP contribution in [0.2, 0.25) is 0 Å². The summed E-state index contributed by atoms with van der Waals surface area (Å²) in [6.45, 7) is 0.600. The molecule has 2 rings (SSSR count). The molecule has 0 radical (unpaired) electrons. The van der Waals surface area contributed by atoms with Crippen molar-refractivity contribution in [2.45, 2.75) is 25.5 Å². The van der Waals surface area contributed by atoms with Crippen molar-refractivity contribution in [1.82, 2.24) is 4.90 Å². The van der Waals surface area contributed by atoms with Crippen LogP contribution in [-0.2, 0) is 16.1 Å². The fourth-order valence-electron chi connectivity index (χ4n) is 1.99. The van der Waals surface area contributed by atoms with Crippen molar-refractivity contribution in [3.05, 3.63) is 35.6 Å². The van der Waals surface area contributed by atoms with Crippen LogP contribution in [0.25, 0.3) is 0 Å². The Morgan fingerprint density at radius 2 is 2.32 bits per heavy atom. The van der Waals surface area contributed by atoms with E-state index in [2.05, 4.69) is 0 Å². The van der Waals surface area contributed by atoms with Crippen LogP contribution in [0.5, 0.6) is 0 Å². The first-order valence-corrected chi connectivity index (χ1v) is 5.96. The van der Waals surface area contributed by atoms with Gasteiger partial charge in [-0.1, -0.05) is 12.1 Å². The number of hydrogen-bond donors (Lipinski definition) is 1. The Balaban J connectivity index is 1.91. The number of hydrogen-bond acceptors (Lipinski definition) is 3. The summed E-state index contributed by atoms with van der Waals surface area (Å²) in [7, 11) is 0. The summed E-state index contributed by atoms with van der Waals surface area (Å²) < 4.78 is 18.1. The topological polar surface area (TPSA) is 66.8 Å². The molecule has 1 amide bonds. The van der Waals surface area contributed by atoms with Crippen molar-refractivity contribution in [2.75, 3.05) is 6.54 Å². The molecule has 5 nitrogen and oxygen atoms in total. The van der Waals surface area contributed by atoms with E-state index in [1.165, 1.54) is 17.0 Å². The van der Waals surface area contributed by atoms with Crippen LogP contribution < -0.4 is 0 Å². The minimum atomic E-state index is -0.917. The lowest BCUT2D eigenvalue weighted by atomic mass is 10.2. The van der Waals surface area contributed by atoms with Crippen molar-refractivity contribution < 1.29 is 23.8 Å². The maximum atomic E-state index is 13.0. The quantitative estimate of drug-likeness (QED) is 0.886. The molecule has 1 saturated heterocycles. The first-order chi connectivity index (χ1) is 9.04. The van der Waals surface area contributed by atoms with E-state index in [4.69, 9.17) is 9.84 Å². The molecule has 0 saturated carbocycles. The molecule has 6 heteroatoms. The van der Waals surface area contributed by atoms with Gasteiger partial charge in [-0.2, -0.15) is 0 Å². The molecule has 1 aromatic rings. The largest absolute Gasteiger partial charge is 0.481 e. The van der Waals surface area contributed by atoms with Crippen LogP contribution in [0.4, 0.5) is 9.18 Å². The fourth-order valence-corrected chi connectivity index (χ4v) is 1.99. The lowest BCUT2D eigenvalue weighted by Gasteiger charge is -2.12. The monoisotopic (exact) mass is 267 g/mol. The van der Waals surface area contributed by atoms with Gasteiger partial charge in [0.2, 0.25) is 0 Å². The van der Waals surface area contributed by atoms with Crippen LogP contribution in [0.1, 0.15) is 18.4 Å². The summed E-state index contributed by atoms with van der Waals surface area (Å²) in [4.78, 5) is 23.5. The molecule has 1 aliphatic rings. The molecule has 1 atom stereocenters. The highest BCUT2D eigenvalue weighted by Gasteiger charge is 2.31. The number of amides is 1. The molecule has 19 heavy (non-hydrogen) atoms. The molecule has 1 fully saturated rings. The molecule has 102 valence electrons. The van der Waals surface area contributed by atoms with Crippen molar-refractivity contribution in [3.63, 3.8) is 0 Å². The molecule has 1 unspecified atom stereocenters. The van der Waals surface area contributed by atoms with Crippen molar-refractivity contribution >= 4 is 12.1 Å². The molecular weight excluding hydrogens is 253 g/mol. The SMILES string of the molecule is O=C(O)CCC1CN(Cc2cccc(F)c2)C(=O)O1. The number of aliphatic carboxylic acids is 1. The van der Waals surface area contributed by atoms with Crippen LogP contribution in [0.3, 0.4) is 0 Å². The second-order valence-corrected chi connectivity index (χ2v) is 4.45. The maximum absolute atomic E-state index is 13.0. The summed E-state index contributed by atoms with van der Waals surface area (Å²) in [6, 6.07) is 5.99. The smallest absolute Gasteiger partial charge is 0.410 e. The number of carboxylic acid groups (broad SMARTS) is 1. The Kier molecular flexibility index (Phi) is 3.99. The van der Waals surface area contributed by atoms with Crippen LogP contribution >= 0.6 is 0 Å². The van der Waals surface area contributed by atoms with Crippen molar-refractivity contribution in [2.24, 2.45) is 0 Å². The van der Waals surface area contributed by atoms with Gasteiger partial charge in [0.1, 0.15) is 11.9 Å². The van der Waals surface area contributed by atoms with E-state index in [1.807, 2.05) is 0 Å². The molecule has 0 aliphatic carbocycles. The van der Waals surface area contributed by atoms with Crippen LogP contribution in [0.15, 0.2) is 24.3 Å². The van der Waals surface area contributed by atoms with E-state index in [-0.39, 0.29) is 18.8 Å². The van der Waals surface area contributed by atoms with Gasteiger partial charge >= 0.3 is 12.1 Å². The first-order valence-electron chi connectivity index (χ1n) is 5.96. The van der Waals surface area contributed by atoms with E-state index >= 15 is 0 Å².